The number of fused-ring (bicyclic) bond motifs is 1. The molecule has 4 heteroatoms. The van der Waals surface area contributed by atoms with Crippen molar-refractivity contribution in [2.45, 2.75) is 25.9 Å². The lowest BCUT2D eigenvalue weighted by Gasteiger charge is -2.31. The van der Waals surface area contributed by atoms with Gasteiger partial charge in [0.25, 0.3) is 0 Å². The van der Waals surface area contributed by atoms with Crippen LogP contribution in [0.3, 0.4) is 0 Å². The van der Waals surface area contributed by atoms with Crippen LogP contribution in [0.15, 0.2) is 24.3 Å². The quantitative estimate of drug-likeness (QED) is 0.908. The molecule has 4 nitrogen and oxygen atoms in total. The third-order valence-corrected chi connectivity index (χ3v) is 4.23. The number of nitrogens with zero attached hydrogens (tertiary/aromatic N) is 1. The third-order valence-electron chi connectivity index (χ3n) is 4.23. The molecule has 0 radical (unpaired) electrons. The molecule has 1 atom stereocenters. The number of likely N-dealkylation sites (tertiary alicyclic amines) is 1. The van der Waals surface area contributed by atoms with E-state index in [2.05, 4.69) is 37.0 Å². The summed E-state index contributed by atoms with van der Waals surface area (Å²) in [7, 11) is 0. The minimum Gasteiger partial charge on any atom is -0.493 e. The van der Waals surface area contributed by atoms with Crippen LogP contribution in [0.4, 0.5) is 0 Å². The predicted octanol–water partition coefficient (Wildman–Crippen LogP) is 2.53. The molecule has 22 heavy (non-hydrogen) atoms. The van der Waals surface area contributed by atoms with Gasteiger partial charge < -0.3 is 15.2 Å². The number of hydrogen-bond acceptors (Lipinski definition) is 4. The van der Waals surface area contributed by atoms with Crippen LogP contribution in [0.5, 0.6) is 11.5 Å². The van der Waals surface area contributed by atoms with Gasteiger partial charge in [-0.05, 0) is 30.2 Å². The second kappa shape index (κ2) is 6.31. The van der Waals surface area contributed by atoms with Crippen LogP contribution < -0.4 is 15.2 Å². The lowest BCUT2D eigenvalue weighted by atomic mass is 9.97. The van der Waals surface area contributed by atoms with Gasteiger partial charge in [-0.15, -0.1) is 0 Å². The van der Waals surface area contributed by atoms with E-state index in [-0.39, 0.29) is 5.60 Å². The zero-order valence-corrected chi connectivity index (χ0v) is 13.5. The molecule has 0 aliphatic carbocycles. The number of hydrogen-bond donors (Lipinski definition) is 1. The fourth-order valence-electron chi connectivity index (χ4n) is 3.07. The van der Waals surface area contributed by atoms with Gasteiger partial charge in [0.15, 0.2) is 0 Å². The summed E-state index contributed by atoms with van der Waals surface area (Å²) in [6.07, 6.45) is 5.40. The Morgan fingerprint density at radius 3 is 3.05 bits per heavy atom. The third kappa shape index (κ3) is 3.28. The lowest BCUT2D eigenvalue weighted by molar-refractivity contribution is 0.123. The largest absolute Gasteiger partial charge is 0.493 e. The molecule has 0 aromatic heterocycles. The topological polar surface area (TPSA) is 47.7 Å². The summed E-state index contributed by atoms with van der Waals surface area (Å²) >= 11 is 0. The number of ether oxygens (including phenoxy) is 2. The molecule has 1 spiro atoms. The Balaban J connectivity index is 1.70. The molecular formula is C18H26N2O2. The molecule has 0 amide bonds. The van der Waals surface area contributed by atoms with Crippen LogP contribution in [0.1, 0.15) is 25.8 Å². The summed E-state index contributed by atoms with van der Waals surface area (Å²) in [6.45, 7) is 8.65. The predicted molar refractivity (Wildman–Crippen MR) is 89.3 cm³/mol. The molecule has 1 aromatic rings. The first-order chi connectivity index (χ1) is 10.6. The fraction of sp³-hybridized carbons (Fsp3) is 0.556. The van der Waals surface area contributed by atoms with Gasteiger partial charge in [-0.2, -0.15) is 0 Å². The smallest absolute Gasteiger partial charge is 0.141 e. The lowest BCUT2D eigenvalue weighted by Crippen LogP contribution is -2.39. The van der Waals surface area contributed by atoms with E-state index >= 15 is 0 Å². The van der Waals surface area contributed by atoms with Crippen LogP contribution in [0.2, 0.25) is 0 Å². The van der Waals surface area contributed by atoms with Crippen LogP contribution in [0.25, 0.3) is 6.08 Å². The average molecular weight is 302 g/mol. The first-order valence-electron chi connectivity index (χ1n) is 8.18. The summed E-state index contributed by atoms with van der Waals surface area (Å²) in [5, 5.41) is 0. The van der Waals surface area contributed by atoms with Gasteiger partial charge in [-0.25, -0.2) is 0 Å². The van der Waals surface area contributed by atoms with Crippen LogP contribution in [-0.4, -0.2) is 43.3 Å². The molecule has 2 aliphatic heterocycles. The normalized spacial score (nSPS) is 23.8. The fourth-order valence-corrected chi connectivity index (χ4v) is 3.07. The second-order valence-electron chi connectivity index (χ2n) is 6.72. The van der Waals surface area contributed by atoms with Gasteiger partial charge in [0.2, 0.25) is 0 Å². The van der Waals surface area contributed by atoms with Crippen molar-refractivity contribution in [3.63, 3.8) is 0 Å². The van der Waals surface area contributed by atoms with Crippen molar-refractivity contribution in [1.82, 2.24) is 4.90 Å². The monoisotopic (exact) mass is 302 g/mol. The van der Waals surface area contributed by atoms with Gasteiger partial charge in [0.05, 0.1) is 6.61 Å². The average Bonchev–Trinajstić information content (AvgIpc) is 2.88. The van der Waals surface area contributed by atoms with Gasteiger partial charge in [-0.3, -0.25) is 4.90 Å². The Labute approximate surface area is 132 Å². The van der Waals surface area contributed by atoms with Gasteiger partial charge in [-0.1, -0.05) is 19.9 Å². The Hall–Kier alpha value is -1.52. The van der Waals surface area contributed by atoms with Crippen molar-refractivity contribution in [2.24, 2.45) is 11.7 Å². The maximum absolute atomic E-state index is 6.31. The zero-order valence-electron chi connectivity index (χ0n) is 13.5. The molecule has 120 valence electrons. The van der Waals surface area contributed by atoms with Crippen LogP contribution >= 0.6 is 0 Å². The Kier molecular flexibility index (Phi) is 4.41. The van der Waals surface area contributed by atoms with E-state index in [1.54, 1.807) is 0 Å². The van der Waals surface area contributed by atoms with E-state index in [0.717, 1.165) is 49.7 Å². The highest BCUT2D eigenvalue weighted by molar-refractivity contribution is 5.63. The zero-order chi connectivity index (χ0) is 15.6. The van der Waals surface area contributed by atoms with Gasteiger partial charge in [0.1, 0.15) is 17.1 Å². The Morgan fingerprint density at radius 2 is 2.27 bits per heavy atom. The standard InChI is InChI=1S/C18H26N2O2/c1-14(2)12-21-16-3-4-17-15(11-16)5-6-18(22-17)7-9-20(13-18)10-8-19/h3-6,11,14H,7-10,12-13,19H2,1-2H3. The van der Waals surface area contributed by atoms with Crippen molar-refractivity contribution in [2.75, 3.05) is 32.8 Å². The van der Waals surface area contributed by atoms with Crippen molar-refractivity contribution in [3.8, 4) is 11.5 Å². The Bertz CT molecular complexity index is 556. The highest BCUT2D eigenvalue weighted by atomic mass is 16.5. The van der Waals surface area contributed by atoms with Crippen LogP contribution in [0, 0.1) is 5.92 Å². The summed E-state index contributed by atoms with van der Waals surface area (Å²) in [5.41, 5.74) is 6.58. The first kappa shape index (κ1) is 15.4. The molecule has 0 bridgehead atoms. The molecule has 2 N–H and O–H groups in total. The molecule has 0 saturated carbocycles. The first-order valence-corrected chi connectivity index (χ1v) is 8.18. The summed E-state index contributed by atoms with van der Waals surface area (Å²) in [5.74, 6) is 2.39. The maximum Gasteiger partial charge on any atom is 0.141 e. The van der Waals surface area contributed by atoms with E-state index in [4.69, 9.17) is 15.2 Å². The van der Waals surface area contributed by atoms with Crippen molar-refractivity contribution in [1.29, 1.82) is 0 Å². The summed E-state index contributed by atoms with van der Waals surface area (Å²) < 4.78 is 12.1. The summed E-state index contributed by atoms with van der Waals surface area (Å²) in [6, 6.07) is 6.09. The highest BCUT2D eigenvalue weighted by Gasteiger charge is 2.39. The number of benzene rings is 1. The van der Waals surface area contributed by atoms with E-state index in [1.165, 1.54) is 0 Å². The van der Waals surface area contributed by atoms with Crippen LogP contribution in [-0.2, 0) is 0 Å². The Morgan fingerprint density at radius 1 is 1.41 bits per heavy atom. The van der Waals surface area contributed by atoms with E-state index < -0.39 is 0 Å². The molecule has 1 saturated heterocycles. The SMILES string of the molecule is CC(C)COc1ccc2c(c1)C=CC1(CCN(CCN)C1)O2. The van der Waals surface area contributed by atoms with Crippen molar-refractivity contribution >= 4 is 6.08 Å². The molecule has 3 rings (SSSR count). The van der Waals surface area contributed by atoms with Crippen molar-refractivity contribution in [3.05, 3.63) is 29.8 Å². The molecule has 2 heterocycles. The minimum absolute atomic E-state index is 0.178. The molecule has 2 aliphatic rings. The highest BCUT2D eigenvalue weighted by Crippen LogP contribution is 2.37. The van der Waals surface area contributed by atoms with Gasteiger partial charge in [0, 0.05) is 38.2 Å². The van der Waals surface area contributed by atoms with E-state index in [1.807, 2.05) is 12.1 Å². The van der Waals surface area contributed by atoms with E-state index in [0.29, 0.717) is 12.5 Å². The molecular weight excluding hydrogens is 276 g/mol. The van der Waals surface area contributed by atoms with Gasteiger partial charge >= 0.3 is 0 Å². The molecule has 1 fully saturated rings. The molecule has 1 aromatic carbocycles. The molecule has 1 unspecified atom stereocenters. The maximum atomic E-state index is 6.31. The summed E-state index contributed by atoms with van der Waals surface area (Å²) in [4.78, 5) is 2.37. The van der Waals surface area contributed by atoms with Crippen molar-refractivity contribution < 1.29 is 9.47 Å². The second-order valence-corrected chi connectivity index (χ2v) is 6.72. The minimum atomic E-state index is -0.178. The number of nitrogens with two attached hydrogens (primary N) is 1. The number of rotatable bonds is 5. The van der Waals surface area contributed by atoms with E-state index in [9.17, 15) is 0 Å².